The first-order chi connectivity index (χ1) is 12.2. The monoisotopic (exact) mass is 357 g/mol. The molecule has 0 bridgehead atoms. The van der Waals surface area contributed by atoms with Crippen LogP contribution in [0.4, 0.5) is 10.5 Å². The molecule has 1 aromatic heterocycles. The largest absolute Gasteiger partial charge is 0.462 e. The number of pyridine rings is 1. The Bertz CT molecular complexity index is 737. The van der Waals surface area contributed by atoms with Gasteiger partial charge < -0.3 is 15.0 Å². The molecule has 130 valence electrons. The van der Waals surface area contributed by atoms with E-state index in [1.165, 1.54) is 0 Å². The molecule has 6 nitrogen and oxygen atoms in total. The molecule has 2 aromatic rings. The molecular weight excluding hydrogens is 338 g/mol. The van der Waals surface area contributed by atoms with E-state index in [0.29, 0.717) is 24.4 Å². The summed E-state index contributed by atoms with van der Waals surface area (Å²) in [6.45, 7) is 2.78. The van der Waals surface area contributed by atoms with E-state index in [2.05, 4.69) is 10.3 Å². The van der Waals surface area contributed by atoms with Gasteiger partial charge in [-0.15, -0.1) is 11.8 Å². The Labute approximate surface area is 150 Å². The van der Waals surface area contributed by atoms with Crippen LogP contribution in [0.1, 0.15) is 28.2 Å². The quantitative estimate of drug-likeness (QED) is 0.848. The van der Waals surface area contributed by atoms with E-state index in [-0.39, 0.29) is 17.4 Å². The van der Waals surface area contributed by atoms with Gasteiger partial charge in [-0.25, -0.2) is 9.59 Å². The summed E-state index contributed by atoms with van der Waals surface area (Å²) in [6.07, 6.45) is 3.47. The molecule has 1 saturated heterocycles. The van der Waals surface area contributed by atoms with E-state index in [1.54, 1.807) is 60.2 Å². The summed E-state index contributed by atoms with van der Waals surface area (Å²) in [5.74, 6) is 0.524. The van der Waals surface area contributed by atoms with Crippen molar-refractivity contribution in [2.45, 2.75) is 12.3 Å². The van der Waals surface area contributed by atoms with Crippen molar-refractivity contribution in [3.05, 3.63) is 59.9 Å². The van der Waals surface area contributed by atoms with Crippen LogP contribution in [-0.2, 0) is 4.74 Å². The predicted octanol–water partition coefficient (Wildman–Crippen LogP) is 3.54. The third kappa shape index (κ3) is 4.11. The Morgan fingerprint density at radius 3 is 2.64 bits per heavy atom. The molecule has 0 saturated carbocycles. The van der Waals surface area contributed by atoms with Gasteiger partial charge in [0.05, 0.1) is 12.2 Å². The van der Waals surface area contributed by atoms with Crippen molar-refractivity contribution in [1.82, 2.24) is 9.88 Å². The zero-order valence-corrected chi connectivity index (χ0v) is 14.7. The molecule has 1 N–H and O–H groups in total. The summed E-state index contributed by atoms with van der Waals surface area (Å²) in [5.41, 5.74) is 2.17. The van der Waals surface area contributed by atoms with Gasteiger partial charge in [-0.05, 0) is 48.9 Å². The topological polar surface area (TPSA) is 71.5 Å². The number of ether oxygens (including phenoxy) is 1. The van der Waals surface area contributed by atoms with Gasteiger partial charge in [-0.1, -0.05) is 0 Å². The van der Waals surface area contributed by atoms with Crippen molar-refractivity contribution < 1.29 is 14.3 Å². The SMILES string of the molecule is CCOC(=O)c1ccc(NC(=O)N2CCSC2c2ccncc2)cc1. The lowest BCUT2D eigenvalue weighted by molar-refractivity contribution is 0.0526. The van der Waals surface area contributed by atoms with Gasteiger partial charge in [0.25, 0.3) is 0 Å². The van der Waals surface area contributed by atoms with Crippen LogP contribution in [0.25, 0.3) is 0 Å². The van der Waals surface area contributed by atoms with Crippen LogP contribution in [0, 0.1) is 0 Å². The van der Waals surface area contributed by atoms with Gasteiger partial charge in [0, 0.05) is 30.4 Å². The lowest BCUT2D eigenvalue weighted by Gasteiger charge is -2.24. The number of esters is 1. The van der Waals surface area contributed by atoms with Gasteiger partial charge in [0.2, 0.25) is 0 Å². The van der Waals surface area contributed by atoms with Crippen molar-refractivity contribution in [1.29, 1.82) is 0 Å². The van der Waals surface area contributed by atoms with Gasteiger partial charge in [0.15, 0.2) is 0 Å². The zero-order chi connectivity index (χ0) is 17.6. The summed E-state index contributed by atoms with van der Waals surface area (Å²) in [7, 11) is 0. The second kappa shape index (κ2) is 8.02. The summed E-state index contributed by atoms with van der Waals surface area (Å²) < 4.78 is 4.95. The first-order valence-corrected chi connectivity index (χ1v) is 9.10. The first kappa shape index (κ1) is 17.3. The fourth-order valence-corrected chi connectivity index (χ4v) is 3.84. The molecule has 1 aromatic carbocycles. The van der Waals surface area contributed by atoms with Crippen molar-refractivity contribution in [2.24, 2.45) is 0 Å². The van der Waals surface area contributed by atoms with Gasteiger partial charge in [0.1, 0.15) is 5.37 Å². The number of nitrogens with one attached hydrogen (secondary N) is 1. The minimum Gasteiger partial charge on any atom is -0.462 e. The number of anilines is 1. The first-order valence-electron chi connectivity index (χ1n) is 8.05. The summed E-state index contributed by atoms with van der Waals surface area (Å²) in [6, 6.07) is 10.4. The molecule has 25 heavy (non-hydrogen) atoms. The van der Waals surface area contributed by atoms with Crippen LogP contribution >= 0.6 is 11.8 Å². The second-order valence-corrected chi connectivity index (χ2v) is 6.61. The Morgan fingerprint density at radius 2 is 1.96 bits per heavy atom. The highest BCUT2D eigenvalue weighted by molar-refractivity contribution is 7.99. The van der Waals surface area contributed by atoms with E-state index in [4.69, 9.17) is 4.74 Å². The minimum atomic E-state index is -0.367. The summed E-state index contributed by atoms with van der Waals surface area (Å²) >= 11 is 1.73. The number of hydrogen-bond donors (Lipinski definition) is 1. The Kier molecular flexibility index (Phi) is 5.55. The van der Waals surface area contributed by atoms with Crippen LogP contribution in [0.5, 0.6) is 0 Å². The number of nitrogens with zero attached hydrogens (tertiary/aromatic N) is 2. The van der Waals surface area contributed by atoms with Gasteiger partial charge in [-0.3, -0.25) is 4.98 Å². The third-order valence-electron chi connectivity index (χ3n) is 3.79. The number of urea groups is 1. The number of thioether (sulfide) groups is 1. The molecule has 0 radical (unpaired) electrons. The maximum absolute atomic E-state index is 12.6. The average Bonchev–Trinajstić information content (AvgIpc) is 3.13. The van der Waals surface area contributed by atoms with E-state index < -0.39 is 0 Å². The van der Waals surface area contributed by atoms with Gasteiger partial charge in [-0.2, -0.15) is 0 Å². The van der Waals surface area contributed by atoms with E-state index in [0.717, 1.165) is 11.3 Å². The lowest BCUT2D eigenvalue weighted by atomic mass is 10.2. The standard InChI is InChI=1S/C18H19N3O3S/c1-2-24-17(22)14-3-5-15(6-4-14)20-18(23)21-11-12-25-16(21)13-7-9-19-10-8-13/h3-10,16H,2,11-12H2,1H3,(H,20,23). The highest BCUT2D eigenvalue weighted by atomic mass is 32.2. The number of carbonyl (C=O) groups excluding carboxylic acids is 2. The number of hydrogen-bond acceptors (Lipinski definition) is 5. The van der Waals surface area contributed by atoms with E-state index >= 15 is 0 Å². The maximum atomic E-state index is 12.6. The molecule has 1 fully saturated rings. The minimum absolute atomic E-state index is 0.0122. The molecule has 0 spiro atoms. The summed E-state index contributed by atoms with van der Waals surface area (Å²) in [5, 5.41) is 2.88. The second-order valence-electron chi connectivity index (χ2n) is 5.43. The van der Waals surface area contributed by atoms with Crippen LogP contribution in [0.15, 0.2) is 48.8 Å². The fourth-order valence-electron chi connectivity index (χ4n) is 2.58. The van der Waals surface area contributed by atoms with Crippen LogP contribution in [0.3, 0.4) is 0 Å². The molecule has 1 aliphatic heterocycles. The van der Waals surface area contributed by atoms with Crippen molar-refractivity contribution in [3.8, 4) is 0 Å². The highest BCUT2D eigenvalue weighted by Gasteiger charge is 2.30. The molecule has 3 rings (SSSR count). The predicted molar refractivity (Wildman–Crippen MR) is 97.6 cm³/mol. The maximum Gasteiger partial charge on any atom is 0.338 e. The average molecular weight is 357 g/mol. The number of amides is 2. The van der Waals surface area contributed by atoms with Gasteiger partial charge >= 0.3 is 12.0 Å². The number of carbonyl (C=O) groups is 2. The van der Waals surface area contributed by atoms with Crippen molar-refractivity contribution >= 4 is 29.4 Å². The third-order valence-corrected chi connectivity index (χ3v) is 5.05. The van der Waals surface area contributed by atoms with Crippen molar-refractivity contribution in [3.63, 3.8) is 0 Å². The molecule has 7 heteroatoms. The molecule has 0 aliphatic carbocycles. The number of benzene rings is 1. The molecule has 1 unspecified atom stereocenters. The molecule has 1 aliphatic rings. The van der Waals surface area contributed by atoms with E-state index in [1.807, 2.05) is 12.1 Å². The van der Waals surface area contributed by atoms with Crippen LogP contribution in [0.2, 0.25) is 0 Å². The highest BCUT2D eigenvalue weighted by Crippen LogP contribution is 2.37. The Hall–Kier alpha value is -2.54. The number of rotatable bonds is 4. The Balaban J connectivity index is 1.66. The lowest BCUT2D eigenvalue weighted by Crippen LogP contribution is -2.34. The molecule has 2 amide bonds. The molecule has 2 heterocycles. The number of aromatic nitrogens is 1. The zero-order valence-electron chi connectivity index (χ0n) is 13.8. The van der Waals surface area contributed by atoms with Crippen molar-refractivity contribution in [2.75, 3.05) is 24.2 Å². The Morgan fingerprint density at radius 1 is 1.24 bits per heavy atom. The normalized spacial score (nSPS) is 16.5. The molecule has 1 atom stereocenters. The smallest absolute Gasteiger partial charge is 0.338 e. The summed E-state index contributed by atoms with van der Waals surface area (Å²) in [4.78, 5) is 30.1. The van der Waals surface area contributed by atoms with Crippen LogP contribution in [-0.4, -0.2) is 40.8 Å². The fraction of sp³-hybridized carbons (Fsp3) is 0.278. The van der Waals surface area contributed by atoms with E-state index in [9.17, 15) is 9.59 Å². The molecular formula is C18H19N3O3S. The van der Waals surface area contributed by atoms with Crippen LogP contribution < -0.4 is 5.32 Å².